The molecule has 0 spiro atoms. The molecule has 0 aliphatic carbocycles. The number of amides is 2. The maximum atomic E-state index is 11.9. The van der Waals surface area contributed by atoms with E-state index in [0.717, 1.165) is 25.9 Å². The second kappa shape index (κ2) is 6.58. The molecule has 0 radical (unpaired) electrons. The minimum atomic E-state index is -0.882. The van der Waals surface area contributed by atoms with Crippen molar-refractivity contribution >= 4 is 12.0 Å². The van der Waals surface area contributed by atoms with Crippen molar-refractivity contribution < 1.29 is 14.7 Å². The Hall–Kier alpha value is -1.30. The first-order valence-electron chi connectivity index (χ1n) is 6.33. The average Bonchev–Trinajstić information content (AvgIpc) is 2.28. The van der Waals surface area contributed by atoms with Crippen LogP contribution in [0.25, 0.3) is 0 Å². The van der Waals surface area contributed by atoms with Crippen LogP contribution in [0.3, 0.4) is 0 Å². The van der Waals surface area contributed by atoms with Gasteiger partial charge in [0.05, 0.1) is 5.92 Å². The van der Waals surface area contributed by atoms with Gasteiger partial charge in [-0.2, -0.15) is 0 Å². The lowest BCUT2D eigenvalue weighted by atomic mass is 10.1. The van der Waals surface area contributed by atoms with E-state index in [1.165, 1.54) is 4.90 Å². The predicted molar refractivity (Wildman–Crippen MR) is 68.5 cm³/mol. The van der Waals surface area contributed by atoms with Gasteiger partial charge in [-0.15, -0.1) is 0 Å². The van der Waals surface area contributed by atoms with Crippen molar-refractivity contribution in [1.82, 2.24) is 15.1 Å². The third-order valence-electron chi connectivity index (χ3n) is 3.27. The summed E-state index contributed by atoms with van der Waals surface area (Å²) >= 11 is 0. The number of likely N-dealkylation sites (N-methyl/N-ethyl adjacent to an activating group) is 1. The molecular formula is C12H23N3O3. The molecule has 1 aliphatic heterocycles. The largest absolute Gasteiger partial charge is 0.481 e. The third-order valence-corrected chi connectivity index (χ3v) is 3.27. The minimum Gasteiger partial charge on any atom is -0.481 e. The van der Waals surface area contributed by atoms with E-state index in [1.54, 1.807) is 14.0 Å². The summed E-state index contributed by atoms with van der Waals surface area (Å²) in [4.78, 5) is 26.2. The van der Waals surface area contributed by atoms with Crippen molar-refractivity contribution in [3.8, 4) is 0 Å². The summed E-state index contributed by atoms with van der Waals surface area (Å²) in [7, 11) is 3.66. The van der Waals surface area contributed by atoms with Crippen LogP contribution < -0.4 is 5.32 Å². The van der Waals surface area contributed by atoms with E-state index in [0.29, 0.717) is 0 Å². The van der Waals surface area contributed by atoms with Crippen molar-refractivity contribution in [3.63, 3.8) is 0 Å². The molecule has 104 valence electrons. The molecule has 1 saturated heterocycles. The van der Waals surface area contributed by atoms with Gasteiger partial charge in [0.15, 0.2) is 0 Å². The molecule has 0 aromatic carbocycles. The number of nitrogens with zero attached hydrogens (tertiary/aromatic N) is 2. The van der Waals surface area contributed by atoms with Gasteiger partial charge < -0.3 is 20.2 Å². The number of hydrogen-bond donors (Lipinski definition) is 2. The van der Waals surface area contributed by atoms with Crippen LogP contribution in [0, 0.1) is 5.92 Å². The van der Waals surface area contributed by atoms with Gasteiger partial charge >= 0.3 is 12.0 Å². The van der Waals surface area contributed by atoms with Gasteiger partial charge in [-0.3, -0.25) is 4.79 Å². The molecule has 1 fully saturated rings. The second-order valence-electron chi connectivity index (χ2n) is 5.17. The van der Waals surface area contributed by atoms with Crippen molar-refractivity contribution in [2.24, 2.45) is 5.92 Å². The Morgan fingerprint density at radius 1 is 1.56 bits per heavy atom. The number of rotatable bonds is 4. The number of carbonyl (C=O) groups excluding carboxylic acids is 1. The van der Waals surface area contributed by atoms with Crippen LogP contribution in [0.2, 0.25) is 0 Å². The highest BCUT2D eigenvalue weighted by Gasteiger charge is 2.22. The molecule has 6 nitrogen and oxygen atoms in total. The molecule has 2 N–H and O–H groups in total. The van der Waals surface area contributed by atoms with Gasteiger partial charge in [-0.1, -0.05) is 6.92 Å². The summed E-state index contributed by atoms with van der Waals surface area (Å²) in [6.07, 6.45) is 2.06. The highest BCUT2D eigenvalue weighted by Crippen LogP contribution is 2.08. The maximum Gasteiger partial charge on any atom is 0.317 e. The molecule has 1 heterocycles. The zero-order valence-corrected chi connectivity index (χ0v) is 11.3. The van der Waals surface area contributed by atoms with Crippen LogP contribution in [0.5, 0.6) is 0 Å². The number of piperidine rings is 1. The number of carboxylic acid groups (broad SMARTS) is 1. The SMILES string of the molecule is CC(CN(C)C(=O)NC1CCCN(C)C1)C(=O)O. The fourth-order valence-corrected chi connectivity index (χ4v) is 2.14. The first-order valence-corrected chi connectivity index (χ1v) is 6.33. The van der Waals surface area contributed by atoms with Crippen LogP contribution in [0.4, 0.5) is 4.79 Å². The van der Waals surface area contributed by atoms with Gasteiger partial charge in [0.2, 0.25) is 0 Å². The molecule has 2 atom stereocenters. The molecule has 0 saturated carbocycles. The lowest BCUT2D eigenvalue weighted by Gasteiger charge is -2.31. The van der Waals surface area contributed by atoms with Gasteiger partial charge in [-0.05, 0) is 26.4 Å². The molecule has 18 heavy (non-hydrogen) atoms. The number of urea groups is 1. The number of hydrogen-bond acceptors (Lipinski definition) is 3. The highest BCUT2D eigenvalue weighted by atomic mass is 16.4. The number of likely N-dealkylation sites (tertiary alicyclic amines) is 1. The molecule has 2 unspecified atom stereocenters. The van der Waals surface area contributed by atoms with Gasteiger partial charge in [-0.25, -0.2) is 4.79 Å². The van der Waals surface area contributed by atoms with Crippen molar-refractivity contribution in [2.75, 3.05) is 33.7 Å². The molecular weight excluding hydrogens is 234 g/mol. The monoisotopic (exact) mass is 257 g/mol. The lowest BCUT2D eigenvalue weighted by Crippen LogP contribution is -2.50. The predicted octanol–water partition coefficient (Wildman–Crippen LogP) is 0.443. The zero-order valence-electron chi connectivity index (χ0n) is 11.3. The smallest absolute Gasteiger partial charge is 0.317 e. The fourth-order valence-electron chi connectivity index (χ4n) is 2.14. The third kappa shape index (κ3) is 4.52. The summed E-state index contributed by atoms with van der Waals surface area (Å²) in [5.41, 5.74) is 0. The molecule has 6 heteroatoms. The lowest BCUT2D eigenvalue weighted by molar-refractivity contribution is -0.141. The van der Waals surface area contributed by atoms with E-state index in [1.807, 2.05) is 7.05 Å². The maximum absolute atomic E-state index is 11.9. The van der Waals surface area contributed by atoms with Crippen LogP contribution >= 0.6 is 0 Å². The van der Waals surface area contributed by atoms with E-state index in [4.69, 9.17) is 5.11 Å². The quantitative estimate of drug-likeness (QED) is 0.766. The van der Waals surface area contributed by atoms with Crippen molar-refractivity contribution in [2.45, 2.75) is 25.8 Å². The Bertz CT molecular complexity index is 309. The number of carboxylic acids is 1. The topological polar surface area (TPSA) is 72.9 Å². The first-order chi connectivity index (χ1) is 8.40. The van der Waals surface area contributed by atoms with Crippen LogP contribution in [0.15, 0.2) is 0 Å². The summed E-state index contributed by atoms with van der Waals surface area (Å²) in [6.45, 7) is 3.75. The van der Waals surface area contributed by atoms with Gasteiger partial charge in [0, 0.05) is 26.2 Å². The standard InChI is InChI=1S/C12H23N3O3/c1-9(11(16)17)7-15(3)12(18)13-10-5-4-6-14(2)8-10/h9-10H,4-8H2,1-3H3,(H,13,18)(H,16,17). The van der Waals surface area contributed by atoms with Crippen LogP contribution in [0.1, 0.15) is 19.8 Å². The van der Waals surface area contributed by atoms with Crippen molar-refractivity contribution in [1.29, 1.82) is 0 Å². The van der Waals surface area contributed by atoms with Gasteiger partial charge in [0.1, 0.15) is 0 Å². The first kappa shape index (κ1) is 14.8. The van der Waals surface area contributed by atoms with E-state index in [9.17, 15) is 9.59 Å². The Morgan fingerprint density at radius 3 is 2.78 bits per heavy atom. The molecule has 0 bridgehead atoms. The van der Waals surface area contributed by atoms with E-state index in [-0.39, 0.29) is 18.6 Å². The van der Waals surface area contributed by atoms with Crippen LogP contribution in [-0.2, 0) is 4.79 Å². The van der Waals surface area contributed by atoms with Gasteiger partial charge in [0.25, 0.3) is 0 Å². The van der Waals surface area contributed by atoms with E-state index < -0.39 is 11.9 Å². The molecule has 0 aromatic rings. The number of nitrogens with one attached hydrogen (secondary N) is 1. The Balaban J connectivity index is 2.37. The molecule has 1 aliphatic rings. The number of aliphatic carboxylic acids is 1. The Kier molecular flexibility index (Phi) is 5.40. The minimum absolute atomic E-state index is 0.166. The molecule has 0 aromatic heterocycles. The molecule has 1 rings (SSSR count). The summed E-state index contributed by atoms with van der Waals surface area (Å²) in [5, 5.41) is 11.7. The summed E-state index contributed by atoms with van der Waals surface area (Å²) in [5.74, 6) is -1.43. The second-order valence-corrected chi connectivity index (χ2v) is 5.17. The highest BCUT2D eigenvalue weighted by molar-refractivity contribution is 5.76. The summed E-state index contributed by atoms with van der Waals surface area (Å²) in [6, 6.07) is -0.0257. The van der Waals surface area contributed by atoms with E-state index in [2.05, 4.69) is 10.2 Å². The van der Waals surface area contributed by atoms with Crippen LogP contribution in [-0.4, -0.2) is 66.7 Å². The normalized spacial score (nSPS) is 22.3. The zero-order chi connectivity index (χ0) is 13.7. The average molecular weight is 257 g/mol. The number of carbonyl (C=O) groups is 2. The summed E-state index contributed by atoms with van der Waals surface area (Å²) < 4.78 is 0. The Morgan fingerprint density at radius 2 is 2.22 bits per heavy atom. The molecule has 2 amide bonds. The Labute approximate surface area is 108 Å². The van der Waals surface area contributed by atoms with E-state index >= 15 is 0 Å². The van der Waals surface area contributed by atoms with Crippen molar-refractivity contribution in [3.05, 3.63) is 0 Å². The fraction of sp³-hybridized carbons (Fsp3) is 0.833.